The summed E-state index contributed by atoms with van der Waals surface area (Å²) in [6.07, 6.45) is 2.03. The highest BCUT2D eigenvalue weighted by Crippen LogP contribution is 2.09. The van der Waals surface area contributed by atoms with Crippen LogP contribution in [-0.2, 0) is 11.3 Å². The molecule has 2 nitrogen and oxygen atoms in total. The number of amides is 1. The van der Waals surface area contributed by atoms with Gasteiger partial charge in [0.2, 0.25) is 5.91 Å². The van der Waals surface area contributed by atoms with E-state index in [1.54, 1.807) is 11.3 Å². The van der Waals surface area contributed by atoms with E-state index in [9.17, 15) is 4.79 Å². The lowest BCUT2D eigenvalue weighted by Crippen LogP contribution is -2.28. The van der Waals surface area contributed by atoms with Crippen LogP contribution in [-0.4, -0.2) is 5.91 Å². The lowest BCUT2D eigenvalue weighted by atomic mass is 10.1. The zero-order valence-electron chi connectivity index (χ0n) is 8.75. The van der Waals surface area contributed by atoms with Crippen molar-refractivity contribution in [3.8, 4) is 0 Å². The molecule has 0 fully saturated rings. The fraction of sp³-hybridized carbons (Fsp3) is 0.545. The molecule has 0 saturated carbocycles. The summed E-state index contributed by atoms with van der Waals surface area (Å²) in [6, 6.07) is 4.04. The molecule has 0 bridgehead atoms. The first-order valence-corrected chi connectivity index (χ1v) is 5.92. The van der Waals surface area contributed by atoms with Gasteiger partial charge >= 0.3 is 0 Å². The molecule has 0 aromatic carbocycles. The number of carbonyl (C=O) groups is 1. The topological polar surface area (TPSA) is 29.1 Å². The summed E-state index contributed by atoms with van der Waals surface area (Å²) in [5, 5.41) is 4.97. The van der Waals surface area contributed by atoms with Gasteiger partial charge in [-0.1, -0.05) is 26.3 Å². The Kier molecular flexibility index (Phi) is 4.66. The SMILES string of the molecule is CCCC(C)C(=O)NCc1cccs1. The summed E-state index contributed by atoms with van der Waals surface area (Å²) in [5.74, 6) is 0.306. The molecule has 0 aliphatic carbocycles. The van der Waals surface area contributed by atoms with Gasteiger partial charge in [-0.15, -0.1) is 11.3 Å². The quantitative estimate of drug-likeness (QED) is 0.797. The number of carbonyl (C=O) groups excluding carboxylic acids is 1. The van der Waals surface area contributed by atoms with Gasteiger partial charge in [-0.05, 0) is 17.9 Å². The molecular formula is C11H17NOS. The van der Waals surface area contributed by atoms with Crippen LogP contribution in [0.1, 0.15) is 31.6 Å². The number of hydrogen-bond acceptors (Lipinski definition) is 2. The van der Waals surface area contributed by atoms with Crippen LogP contribution in [0.5, 0.6) is 0 Å². The lowest BCUT2D eigenvalue weighted by molar-refractivity contribution is -0.124. The average Bonchev–Trinajstić information content (AvgIpc) is 2.67. The maximum absolute atomic E-state index is 11.5. The summed E-state index contributed by atoms with van der Waals surface area (Å²) in [7, 11) is 0. The van der Waals surface area contributed by atoms with Gasteiger partial charge in [0.05, 0.1) is 6.54 Å². The highest BCUT2D eigenvalue weighted by atomic mass is 32.1. The van der Waals surface area contributed by atoms with Gasteiger partial charge in [-0.2, -0.15) is 0 Å². The van der Waals surface area contributed by atoms with E-state index in [-0.39, 0.29) is 11.8 Å². The molecular weight excluding hydrogens is 194 g/mol. The summed E-state index contributed by atoms with van der Waals surface area (Å²) < 4.78 is 0. The molecule has 1 aromatic heterocycles. The monoisotopic (exact) mass is 211 g/mol. The summed E-state index contributed by atoms with van der Waals surface area (Å²) in [5.41, 5.74) is 0. The minimum absolute atomic E-state index is 0.139. The highest BCUT2D eigenvalue weighted by molar-refractivity contribution is 7.09. The Morgan fingerprint density at radius 3 is 3.00 bits per heavy atom. The second kappa shape index (κ2) is 5.81. The van der Waals surface area contributed by atoms with E-state index < -0.39 is 0 Å². The second-order valence-electron chi connectivity index (χ2n) is 3.49. The fourth-order valence-corrected chi connectivity index (χ4v) is 1.97. The standard InChI is InChI=1S/C11H17NOS/c1-3-5-9(2)11(13)12-8-10-6-4-7-14-10/h4,6-7,9H,3,5,8H2,1-2H3,(H,12,13). The van der Waals surface area contributed by atoms with Gasteiger partial charge in [-0.3, -0.25) is 4.79 Å². The zero-order chi connectivity index (χ0) is 10.4. The lowest BCUT2D eigenvalue weighted by Gasteiger charge is -2.09. The first-order valence-electron chi connectivity index (χ1n) is 5.04. The Bertz CT molecular complexity index is 269. The Hall–Kier alpha value is -0.830. The molecule has 14 heavy (non-hydrogen) atoms. The third-order valence-electron chi connectivity index (χ3n) is 2.19. The molecule has 1 rings (SSSR count). The maximum atomic E-state index is 11.5. The largest absolute Gasteiger partial charge is 0.351 e. The fourth-order valence-electron chi connectivity index (χ4n) is 1.33. The summed E-state index contributed by atoms with van der Waals surface area (Å²) in [6.45, 7) is 4.75. The van der Waals surface area contributed by atoms with Crippen LogP contribution < -0.4 is 5.32 Å². The molecule has 0 radical (unpaired) electrons. The van der Waals surface area contributed by atoms with Gasteiger partial charge in [0.1, 0.15) is 0 Å². The smallest absolute Gasteiger partial charge is 0.223 e. The molecule has 3 heteroatoms. The molecule has 1 heterocycles. The second-order valence-corrected chi connectivity index (χ2v) is 4.52. The van der Waals surface area contributed by atoms with Crippen LogP contribution in [0.25, 0.3) is 0 Å². The van der Waals surface area contributed by atoms with Crippen molar-refractivity contribution in [2.45, 2.75) is 33.2 Å². The first kappa shape index (κ1) is 11.2. The van der Waals surface area contributed by atoms with Crippen molar-refractivity contribution < 1.29 is 4.79 Å². The molecule has 1 amide bonds. The Labute approximate surface area is 89.3 Å². The highest BCUT2D eigenvalue weighted by Gasteiger charge is 2.10. The van der Waals surface area contributed by atoms with Crippen LogP contribution in [0.15, 0.2) is 17.5 Å². The Balaban J connectivity index is 2.27. The van der Waals surface area contributed by atoms with E-state index in [1.165, 1.54) is 4.88 Å². The van der Waals surface area contributed by atoms with Crippen LogP contribution in [0.4, 0.5) is 0 Å². The van der Waals surface area contributed by atoms with E-state index in [4.69, 9.17) is 0 Å². The Morgan fingerprint density at radius 2 is 2.43 bits per heavy atom. The first-order chi connectivity index (χ1) is 6.74. The van der Waals surface area contributed by atoms with Gasteiger partial charge in [0.25, 0.3) is 0 Å². The van der Waals surface area contributed by atoms with Gasteiger partial charge < -0.3 is 5.32 Å². The molecule has 78 valence electrons. The van der Waals surface area contributed by atoms with Crippen LogP contribution in [0.3, 0.4) is 0 Å². The van der Waals surface area contributed by atoms with E-state index in [0.717, 1.165) is 12.8 Å². The number of thiophene rings is 1. The molecule has 1 aromatic rings. The van der Waals surface area contributed by atoms with Gasteiger partial charge in [-0.25, -0.2) is 0 Å². The zero-order valence-corrected chi connectivity index (χ0v) is 9.56. The maximum Gasteiger partial charge on any atom is 0.223 e. The minimum Gasteiger partial charge on any atom is -0.351 e. The molecule has 0 spiro atoms. The molecule has 0 aliphatic rings. The molecule has 1 unspecified atom stereocenters. The molecule has 1 N–H and O–H groups in total. The predicted octanol–water partition coefficient (Wildman–Crippen LogP) is 2.80. The molecule has 0 saturated heterocycles. The Morgan fingerprint density at radius 1 is 1.64 bits per heavy atom. The number of rotatable bonds is 5. The third kappa shape index (κ3) is 3.50. The van der Waals surface area contributed by atoms with E-state index in [1.807, 2.05) is 24.4 Å². The molecule has 1 atom stereocenters. The van der Waals surface area contributed by atoms with Crippen molar-refractivity contribution in [1.29, 1.82) is 0 Å². The number of nitrogens with one attached hydrogen (secondary N) is 1. The van der Waals surface area contributed by atoms with Crippen molar-refractivity contribution in [3.63, 3.8) is 0 Å². The van der Waals surface area contributed by atoms with Crippen LogP contribution in [0, 0.1) is 5.92 Å². The third-order valence-corrected chi connectivity index (χ3v) is 3.06. The summed E-state index contributed by atoms with van der Waals surface area (Å²) in [4.78, 5) is 12.7. The van der Waals surface area contributed by atoms with Crippen LogP contribution in [0.2, 0.25) is 0 Å². The van der Waals surface area contributed by atoms with Crippen molar-refractivity contribution >= 4 is 17.2 Å². The van der Waals surface area contributed by atoms with Crippen molar-refractivity contribution in [2.24, 2.45) is 5.92 Å². The van der Waals surface area contributed by atoms with Crippen molar-refractivity contribution in [2.75, 3.05) is 0 Å². The van der Waals surface area contributed by atoms with E-state index in [2.05, 4.69) is 12.2 Å². The van der Waals surface area contributed by atoms with Crippen molar-refractivity contribution in [3.05, 3.63) is 22.4 Å². The van der Waals surface area contributed by atoms with E-state index in [0.29, 0.717) is 6.54 Å². The minimum atomic E-state index is 0.139. The predicted molar refractivity (Wildman–Crippen MR) is 60.2 cm³/mol. The van der Waals surface area contributed by atoms with Crippen molar-refractivity contribution in [1.82, 2.24) is 5.32 Å². The molecule has 0 aliphatic heterocycles. The average molecular weight is 211 g/mol. The van der Waals surface area contributed by atoms with Gasteiger partial charge in [0.15, 0.2) is 0 Å². The van der Waals surface area contributed by atoms with E-state index >= 15 is 0 Å². The normalized spacial score (nSPS) is 12.4. The van der Waals surface area contributed by atoms with Gasteiger partial charge in [0, 0.05) is 10.8 Å². The summed E-state index contributed by atoms with van der Waals surface area (Å²) >= 11 is 1.68. The van der Waals surface area contributed by atoms with Crippen LogP contribution >= 0.6 is 11.3 Å². The number of hydrogen-bond donors (Lipinski definition) is 1.